The first-order valence-electron chi connectivity index (χ1n) is 5.46. The van der Waals surface area contributed by atoms with Gasteiger partial charge in [0.05, 0.1) is 6.04 Å². The first kappa shape index (κ1) is 11.9. The minimum atomic E-state index is 0.221. The van der Waals surface area contributed by atoms with Gasteiger partial charge in [-0.15, -0.1) is 5.10 Å². The van der Waals surface area contributed by atoms with Crippen LogP contribution in [-0.4, -0.2) is 20.2 Å². The van der Waals surface area contributed by atoms with E-state index in [1.807, 2.05) is 0 Å². The van der Waals surface area contributed by atoms with Crippen molar-refractivity contribution in [3.8, 4) is 11.4 Å². The third-order valence-electron chi connectivity index (χ3n) is 2.76. The summed E-state index contributed by atoms with van der Waals surface area (Å²) >= 11 is 5.97. The highest BCUT2D eigenvalue weighted by molar-refractivity contribution is 6.31. The third kappa shape index (κ3) is 2.24. The smallest absolute Gasteiger partial charge is 0.184 e. The second-order valence-electron chi connectivity index (χ2n) is 3.94. The number of hydrogen-bond donors (Lipinski definition) is 1. The lowest BCUT2D eigenvalue weighted by atomic mass is 10.1. The van der Waals surface area contributed by atoms with Crippen LogP contribution in [0.15, 0.2) is 18.2 Å². The van der Waals surface area contributed by atoms with Gasteiger partial charge in [-0.05, 0) is 42.0 Å². The van der Waals surface area contributed by atoms with Crippen molar-refractivity contribution >= 4 is 17.3 Å². The second kappa shape index (κ2) is 4.71. The van der Waals surface area contributed by atoms with Crippen molar-refractivity contribution in [2.45, 2.75) is 26.3 Å². The molecule has 5 nitrogen and oxygen atoms in total. The molecule has 6 heteroatoms. The van der Waals surface area contributed by atoms with Crippen molar-refractivity contribution in [3.05, 3.63) is 23.2 Å². The van der Waals surface area contributed by atoms with Gasteiger partial charge in [-0.1, -0.05) is 18.5 Å². The molecule has 1 aromatic carbocycles. The summed E-state index contributed by atoms with van der Waals surface area (Å²) in [6.07, 6.45) is 0.943. The summed E-state index contributed by atoms with van der Waals surface area (Å²) in [5.41, 5.74) is 7.31. The average molecular weight is 252 g/mol. The first-order chi connectivity index (χ1) is 8.13. The van der Waals surface area contributed by atoms with Crippen LogP contribution in [0.1, 0.15) is 26.3 Å². The fraction of sp³-hybridized carbons (Fsp3) is 0.364. The zero-order valence-corrected chi connectivity index (χ0v) is 10.5. The maximum Gasteiger partial charge on any atom is 0.184 e. The summed E-state index contributed by atoms with van der Waals surface area (Å²) in [4.78, 5) is 0. The lowest BCUT2D eigenvalue weighted by Crippen LogP contribution is -2.08. The van der Waals surface area contributed by atoms with E-state index in [1.165, 1.54) is 0 Å². The number of nitrogens with two attached hydrogens (primary N) is 1. The molecule has 0 saturated carbocycles. The van der Waals surface area contributed by atoms with E-state index in [-0.39, 0.29) is 6.04 Å². The highest BCUT2D eigenvalue weighted by atomic mass is 35.5. The molecule has 0 spiro atoms. The summed E-state index contributed by atoms with van der Waals surface area (Å²) in [5, 5.41) is 12.3. The lowest BCUT2D eigenvalue weighted by molar-refractivity contribution is 0.469. The van der Waals surface area contributed by atoms with Crippen LogP contribution in [-0.2, 0) is 0 Å². The quantitative estimate of drug-likeness (QED) is 0.851. The predicted octanol–water partition coefficient (Wildman–Crippen LogP) is 2.55. The Hall–Kier alpha value is -1.62. The molecule has 2 aromatic rings. The Labute approximate surface area is 105 Å². The van der Waals surface area contributed by atoms with E-state index in [0.29, 0.717) is 16.5 Å². The number of halogens is 1. The summed E-state index contributed by atoms with van der Waals surface area (Å²) in [6.45, 7) is 4.14. The van der Waals surface area contributed by atoms with Crippen LogP contribution in [0.3, 0.4) is 0 Å². The molecule has 1 atom stereocenters. The number of tetrazole rings is 1. The van der Waals surface area contributed by atoms with Crippen molar-refractivity contribution in [2.24, 2.45) is 0 Å². The summed E-state index contributed by atoms with van der Waals surface area (Å²) in [5.74, 6) is 0.652. The highest BCUT2D eigenvalue weighted by Crippen LogP contribution is 2.28. The van der Waals surface area contributed by atoms with Crippen LogP contribution in [0.2, 0.25) is 5.02 Å². The largest absolute Gasteiger partial charge is 0.398 e. The molecule has 2 N–H and O–H groups in total. The van der Waals surface area contributed by atoms with Gasteiger partial charge in [0.25, 0.3) is 0 Å². The van der Waals surface area contributed by atoms with Gasteiger partial charge in [-0.3, -0.25) is 0 Å². The van der Waals surface area contributed by atoms with Crippen LogP contribution in [0.25, 0.3) is 11.4 Å². The molecule has 0 saturated heterocycles. The number of anilines is 1. The number of benzene rings is 1. The molecule has 1 aromatic heterocycles. The Kier molecular flexibility index (Phi) is 3.28. The molecule has 0 fully saturated rings. The molecule has 2 rings (SSSR count). The molecule has 90 valence electrons. The molecule has 0 aliphatic carbocycles. The Morgan fingerprint density at radius 1 is 1.47 bits per heavy atom. The molecule has 1 heterocycles. The molecule has 0 bridgehead atoms. The lowest BCUT2D eigenvalue weighted by Gasteiger charge is -2.12. The number of nitrogens with zero attached hydrogens (tertiary/aromatic N) is 4. The van der Waals surface area contributed by atoms with Crippen molar-refractivity contribution < 1.29 is 0 Å². The Morgan fingerprint density at radius 3 is 2.94 bits per heavy atom. The first-order valence-corrected chi connectivity index (χ1v) is 5.84. The summed E-state index contributed by atoms with van der Waals surface area (Å²) < 4.78 is 1.77. The van der Waals surface area contributed by atoms with E-state index in [4.69, 9.17) is 17.3 Å². The maximum atomic E-state index is 5.97. The monoisotopic (exact) mass is 251 g/mol. The Morgan fingerprint density at radius 2 is 2.24 bits per heavy atom. The second-order valence-corrected chi connectivity index (χ2v) is 4.37. The van der Waals surface area contributed by atoms with Gasteiger partial charge in [0, 0.05) is 16.3 Å². The summed E-state index contributed by atoms with van der Waals surface area (Å²) in [6, 6.07) is 5.50. The van der Waals surface area contributed by atoms with Gasteiger partial charge in [-0.2, -0.15) is 0 Å². The third-order valence-corrected chi connectivity index (χ3v) is 2.99. The van der Waals surface area contributed by atoms with Crippen LogP contribution in [0.5, 0.6) is 0 Å². The zero-order valence-electron chi connectivity index (χ0n) is 9.76. The maximum absolute atomic E-state index is 5.97. The number of nitrogen functional groups attached to an aromatic ring is 1. The minimum Gasteiger partial charge on any atom is -0.398 e. The van der Waals surface area contributed by atoms with Crippen molar-refractivity contribution in [2.75, 3.05) is 5.73 Å². The van der Waals surface area contributed by atoms with Crippen LogP contribution in [0, 0.1) is 0 Å². The molecule has 1 unspecified atom stereocenters. The SMILES string of the molecule is CCC(C)n1nnnc1-c1cc(Cl)ccc1N. The minimum absolute atomic E-state index is 0.221. The van der Waals surface area contributed by atoms with Crippen molar-refractivity contribution in [1.82, 2.24) is 20.2 Å². The van der Waals surface area contributed by atoms with Gasteiger partial charge >= 0.3 is 0 Å². The number of rotatable bonds is 3. The topological polar surface area (TPSA) is 69.6 Å². The number of aromatic nitrogens is 4. The Bertz CT molecular complexity index is 522. The highest BCUT2D eigenvalue weighted by Gasteiger charge is 2.15. The van der Waals surface area contributed by atoms with E-state index in [2.05, 4.69) is 29.4 Å². The molecule has 17 heavy (non-hydrogen) atoms. The normalized spacial score (nSPS) is 12.6. The van der Waals surface area contributed by atoms with Gasteiger partial charge < -0.3 is 5.73 Å². The molecular weight excluding hydrogens is 238 g/mol. The van der Waals surface area contributed by atoms with E-state index < -0.39 is 0 Å². The van der Waals surface area contributed by atoms with E-state index in [1.54, 1.807) is 22.9 Å². The average Bonchev–Trinajstić information content (AvgIpc) is 2.80. The van der Waals surface area contributed by atoms with E-state index >= 15 is 0 Å². The van der Waals surface area contributed by atoms with Crippen LogP contribution >= 0.6 is 11.6 Å². The molecule has 0 radical (unpaired) electrons. The fourth-order valence-corrected chi connectivity index (χ4v) is 1.74. The van der Waals surface area contributed by atoms with Gasteiger partial charge in [0.15, 0.2) is 5.82 Å². The molecule has 0 aliphatic heterocycles. The molecule has 0 aliphatic rings. The van der Waals surface area contributed by atoms with Crippen molar-refractivity contribution in [3.63, 3.8) is 0 Å². The Balaban J connectivity index is 2.53. The fourth-order valence-electron chi connectivity index (χ4n) is 1.56. The van der Waals surface area contributed by atoms with Gasteiger partial charge in [0.1, 0.15) is 0 Å². The van der Waals surface area contributed by atoms with Crippen LogP contribution in [0.4, 0.5) is 5.69 Å². The van der Waals surface area contributed by atoms with Gasteiger partial charge in [-0.25, -0.2) is 4.68 Å². The zero-order chi connectivity index (χ0) is 12.4. The predicted molar refractivity (Wildman–Crippen MR) is 67.7 cm³/mol. The summed E-state index contributed by atoms with van der Waals surface area (Å²) in [7, 11) is 0. The van der Waals surface area contributed by atoms with Crippen molar-refractivity contribution in [1.29, 1.82) is 0 Å². The van der Waals surface area contributed by atoms with E-state index in [0.717, 1.165) is 12.0 Å². The molecular formula is C11H14ClN5. The number of hydrogen-bond acceptors (Lipinski definition) is 4. The van der Waals surface area contributed by atoms with Crippen LogP contribution < -0.4 is 5.73 Å². The van der Waals surface area contributed by atoms with Gasteiger partial charge in [0.2, 0.25) is 0 Å². The molecule has 0 amide bonds. The standard InChI is InChI=1S/C11H14ClN5/c1-3-7(2)17-11(14-15-16-17)9-6-8(12)4-5-10(9)13/h4-7H,3,13H2,1-2H3. The van der Waals surface area contributed by atoms with E-state index in [9.17, 15) is 0 Å².